The summed E-state index contributed by atoms with van der Waals surface area (Å²) in [4.78, 5) is 4.41. The van der Waals surface area contributed by atoms with Gasteiger partial charge in [0, 0.05) is 24.4 Å². The van der Waals surface area contributed by atoms with E-state index in [-0.39, 0.29) is 0 Å². The number of hydrogen-bond donors (Lipinski definition) is 2. The van der Waals surface area contributed by atoms with Crippen molar-refractivity contribution in [2.75, 3.05) is 38.5 Å². The van der Waals surface area contributed by atoms with Crippen molar-refractivity contribution in [1.29, 1.82) is 0 Å². The standard InChI is InChI=1S/C17H25N5O3/c1-5-6-7-8-18-17-21-15(11-19-22-17)20-12-9-13(23-2)16(25-4)14(10-12)24-3/h9-11H,5-8H2,1-4H3,(H2,18,20,21,22). The van der Waals surface area contributed by atoms with Gasteiger partial charge in [-0.15, -0.1) is 5.10 Å². The maximum Gasteiger partial charge on any atom is 0.244 e. The van der Waals surface area contributed by atoms with Gasteiger partial charge in [0.1, 0.15) is 0 Å². The van der Waals surface area contributed by atoms with Crippen molar-refractivity contribution < 1.29 is 14.2 Å². The summed E-state index contributed by atoms with van der Waals surface area (Å²) in [5, 5.41) is 14.3. The van der Waals surface area contributed by atoms with Gasteiger partial charge in [0.05, 0.1) is 27.5 Å². The van der Waals surface area contributed by atoms with Crippen molar-refractivity contribution in [3.63, 3.8) is 0 Å². The molecule has 1 aromatic heterocycles. The smallest absolute Gasteiger partial charge is 0.244 e. The lowest BCUT2D eigenvalue weighted by molar-refractivity contribution is 0.324. The van der Waals surface area contributed by atoms with Crippen LogP contribution in [0, 0.1) is 0 Å². The molecule has 0 saturated heterocycles. The highest BCUT2D eigenvalue weighted by molar-refractivity contribution is 5.66. The summed E-state index contributed by atoms with van der Waals surface area (Å²) in [6, 6.07) is 3.61. The van der Waals surface area contributed by atoms with Crippen molar-refractivity contribution in [1.82, 2.24) is 15.2 Å². The molecule has 8 nitrogen and oxygen atoms in total. The largest absolute Gasteiger partial charge is 0.493 e. The van der Waals surface area contributed by atoms with Gasteiger partial charge in [0.2, 0.25) is 11.7 Å². The summed E-state index contributed by atoms with van der Waals surface area (Å²) in [6.07, 6.45) is 4.97. The zero-order valence-corrected chi connectivity index (χ0v) is 15.1. The Balaban J connectivity index is 2.13. The van der Waals surface area contributed by atoms with Crippen LogP contribution in [0.2, 0.25) is 0 Å². The van der Waals surface area contributed by atoms with Crippen LogP contribution < -0.4 is 24.8 Å². The number of methoxy groups -OCH3 is 3. The lowest BCUT2D eigenvalue weighted by Crippen LogP contribution is -2.07. The molecule has 136 valence electrons. The molecule has 0 atom stereocenters. The molecule has 0 amide bonds. The molecular formula is C17H25N5O3. The molecule has 0 aliphatic heterocycles. The van der Waals surface area contributed by atoms with Crippen LogP contribution in [0.3, 0.4) is 0 Å². The highest BCUT2D eigenvalue weighted by Gasteiger charge is 2.13. The van der Waals surface area contributed by atoms with Crippen molar-refractivity contribution in [3.8, 4) is 17.2 Å². The number of ether oxygens (including phenoxy) is 3. The van der Waals surface area contributed by atoms with Crippen LogP contribution in [-0.2, 0) is 0 Å². The Morgan fingerprint density at radius 1 is 1.00 bits per heavy atom. The second kappa shape index (κ2) is 9.51. The van der Waals surface area contributed by atoms with E-state index >= 15 is 0 Å². The third-order valence-corrected chi connectivity index (χ3v) is 3.56. The van der Waals surface area contributed by atoms with Gasteiger partial charge in [0.25, 0.3) is 0 Å². The molecule has 2 N–H and O–H groups in total. The molecule has 0 fully saturated rings. The van der Waals surface area contributed by atoms with E-state index in [1.807, 2.05) is 0 Å². The first kappa shape index (κ1) is 18.6. The monoisotopic (exact) mass is 347 g/mol. The summed E-state index contributed by atoms with van der Waals surface area (Å²) in [7, 11) is 4.72. The van der Waals surface area contributed by atoms with Crippen molar-refractivity contribution in [2.45, 2.75) is 26.2 Å². The molecule has 2 aromatic rings. The number of aromatic nitrogens is 3. The van der Waals surface area contributed by atoms with Crippen LogP contribution >= 0.6 is 0 Å². The highest BCUT2D eigenvalue weighted by atomic mass is 16.5. The minimum Gasteiger partial charge on any atom is -0.493 e. The predicted molar refractivity (Wildman–Crippen MR) is 97.2 cm³/mol. The SMILES string of the molecule is CCCCCNc1nncc(Nc2cc(OC)c(OC)c(OC)c2)n1. The van der Waals surface area contributed by atoms with E-state index in [0.717, 1.165) is 18.7 Å². The number of anilines is 3. The Hall–Kier alpha value is -2.77. The molecule has 0 aliphatic carbocycles. The number of benzene rings is 1. The van der Waals surface area contributed by atoms with Gasteiger partial charge < -0.3 is 24.8 Å². The molecule has 2 rings (SSSR count). The Kier molecular flexibility index (Phi) is 7.06. The van der Waals surface area contributed by atoms with Crippen molar-refractivity contribution >= 4 is 17.5 Å². The topological polar surface area (TPSA) is 90.4 Å². The van der Waals surface area contributed by atoms with E-state index in [1.54, 1.807) is 39.7 Å². The van der Waals surface area contributed by atoms with E-state index in [0.29, 0.717) is 29.0 Å². The molecule has 8 heteroatoms. The van der Waals surface area contributed by atoms with Crippen LogP contribution in [-0.4, -0.2) is 43.1 Å². The molecule has 0 unspecified atom stereocenters. The third-order valence-electron chi connectivity index (χ3n) is 3.56. The van der Waals surface area contributed by atoms with Crippen molar-refractivity contribution in [2.24, 2.45) is 0 Å². The van der Waals surface area contributed by atoms with Gasteiger partial charge >= 0.3 is 0 Å². The average molecular weight is 347 g/mol. The third kappa shape index (κ3) is 5.10. The van der Waals surface area contributed by atoms with E-state index < -0.39 is 0 Å². The summed E-state index contributed by atoms with van der Waals surface area (Å²) < 4.78 is 16.0. The quantitative estimate of drug-likeness (QED) is 0.633. The molecule has 1 aromatic carbocycles. The summed E-state index contributed by atoms with van der Waals surface area (Å²) in [5.41, 5.74) is 0.743. The maximum absolute atomic E-state index is 5.35. The first-order chi connectivity index (χ1) is 12.2. The van der Waals surface area contributed by atoms with Crippen LogP contribution in [0.5, 0.6) is 17.2 Å². The Morgan fingerprint density at radius 2 is 1.72 bits per heavy atom. The van der Waals surface area contributed by atoms with Gasteiger partial charge in [0.15, 0.2) is 17.3 Å². The molecule has 0 radical (unpaired) electrons. The lowest BCUT2D eigenvalue weighted by Gasteiger charge is -2.15. The van der Waals surface area contributed by atoms with Crippen LogP contribution in [0.25, 0.3) is 0 Å². The number of rotatable bonds is 10. The molecular weight excluding hydrogens is 322 g/mol. The van der Waals surface area contributed by atoms with Crippen LogP contribution in [0.4, 0.5) is 17.5 Å². The van der Waals surface area contributed by atoms with Gasteiger partial charge in [-0.05, 0) is 6.42 Å². The second-order valence-corrected chi connectivity index (χ2v) is 5.34. The number of nitrogens with one attached hydrogen (secondary N) is 2. The highest BCUT2D eigenvalue weighted by Crippen LogP contribution is 2.40. The Morgan fingerprint density at radius 3 is 2.32 bits per heavy atom. The molecule has 25 heavy (non-hydrogen) atoms. The fourth-order valence-electron chi connectivity index (χ4n) is 2.32. The zero-order valence-electron chi connectivity index (χ0n) is 15.1. The number of nitrogens with zero attached hydrogens (tertiary/aromatic N) is 3. The minimum absolute atomic E-state index is 0.494. The Labute approximate surface area is 147 Å². The predicted octanol–water partition coefficient (Wildman–Crippen LogP) is 3.24. The van der Waals surface area contributed by atoms with Crippen molar-refractivity contribution in [3.05, 3.63) is 18.3 Å². The van der Waals surface area contributed by atoms with E-state index in [4.69, 9.17) is 14.2 Å². The summed E-state index contributed by atoms with van der Waals surface area (Å²) in [5.74, 6) is 2.72. The maximum atomic E-state index is 5.35. The molecule has 0 aliphatic rings. The van der Waals surface area contributed by atoms with Gasteiger partial charge in [-0.25, -0.2) is 0 Å². The van der Waals surface area contributed by atoms with E-state index in [1.165, 1.54) is 12.8 Å². The van der Waals surface area contributed by atoms with Gasteiger partial charge in [-0.2, -0.15) is 10.1 Å². The molecule has 1 heterocycles. The zero-order chi connectivity index (χ0) is 18.1. The summed E-state index contributed by atoms with van der Waals surface area (Å²) in [6.45, 7) is 2.99. The second-order valence-electron chi connectivity index (χ2n) is 5.34. The van der Waals surface area contributed by atoms with E-state index in [9.17, 15) is 0 Å². The molecule has 0 saturated carbocycles. The first-order valence-corrected chi connectivity index (χ1v) is 8.22. The average Bonchev–Trinajstić information content (AvgIpc) is 2.64. The van der Waals surface area contributed by atoms with Gasteiger partial charge in [-0.3, -0.25) is 0 Å². The fourth-order valence-corrected chi connectivity index (χ4v) is 2.32. The number of unbranched alkanes of at least 4 members (excludes halogenated alkanes) is 2. The van der Waals surface area contributed by atoms with Gasteiger partial charge in [-0.1, -0.05) is 19.8 Å². The molecule has 0 bridgehead atoms. The van der Waals surface area contributed by atoms with Crippen LogP contribution in [0.15, 0.2) is 18.3 Å². The normalized spacial score (nSPS) is 10.2. The Bertz CT molecular complexity index is 656. The minimum atomic E-state index is 0.494. The first-order valence-electron chi connectivity index (χ1n) is 8.22. The summed E-state index contributed by atoms with van der Waals surface area (Å²) >= 11 is 0. The fraction of sp³-hybridized carbons (Fsp3) is 0.471. The lowest BCUT2D eigenvalue weighted by atomic mass is 10.2. The van der Waals surface area contributed by atoms with E-state index in [2.05, 4.69) is 32.7 Å². The molecule has 0 spiro atoms. The number of hydrogen-bond acceptors (Lipinski definition) is 8. The van der Waals surface area contributed by atoms with Crippen LogP contribution in [0.1, 0.15) is 26.2 Å².